The first-order chi connectivity index (χ1) is 10.3. The van der Waals surface area contributed by atoms with Gasteiger partial charge in [0.1, 0.15) is 13.2 Å². The predicted molar refractivity (Wildman–Crippen MR) is 84.0 cm³/mol. The Morgan fingerprint density at radius 1 is 1.10 bits per heavy atom. The van der Waals surface area contributed by atoms with E-state index in [1.54, 1.807) is 0 Å². The SMILES string of the molecule is CNC1CCC(N(C)Cc2ccc3c(c2)OCCO3)CC1. The molecular weight excluding hydrogens is 264 g/mol. The lowest BCUT2D eigenvalue weighted by Crippen LogP contribution is -2.39. The van der Waals surface area contributed by atoms with Crippen LogP contribution < -0.4 is 14.8 Å². The van der Waals surface area contributed by atoms with Gasteiger partial charge in [0.05, 0.1) is 0 Å². The number of rotatable bonds is 4. The fraction of sp³-hybridized carbons (Fsp3) is 0.647. The Bertz CT molecular complexity index is 470. The summed E-state index contributed by atoms with van der Waals surface area (Å²) in [6.07, 6.45) is 5.14. The summed E-state index contributed by atoms with van der Waals surface area (Å²) in [6, 6.07) is 7.73. The monoisotopic (exact) mass is 290 g/mol. The molecule has 1 aliphatic heterocycles. The molecule has 0 aromatic heterocycles. The number of hydrogen-bond donors (Lipinski definition) is 1. The summed E-state index contributed by atoms with van der Waals surface area (Å²) in [5.74, 6) is 1.77. The van der Waals surface area contributed by atoms with E-state index in [0.717, 1.165) is 18.0 Å². The van der Waals surface area contributed by atoms with Gasteiger partial charge >= 0.3 is 0 Å². The summed E-state index contributed by atoms with van der Waals surface area (Å²) in [4.78, 5) is 2.48. The molecule has 4 heteroatoms. The lowest BCUT2D eigenvalue weighted by Gasteiger charge is -2.34. The molecule has 0 amide bonds. The second-order valence-electron chi connectivity index (χ2n) is 6.19. The minimum Gasteiger partial charge on any atom is -0.486 e. The predicted octanol–water partition coefficient (Wildman–Crippen LogP) is 2.42. The molecule has 0 unspecified atom stereocenters. The summed E-state index contributed by atoms with van der Waals surface area (Å²) < 4.78 is 11.2. The smallest absolute Gasteiger partial charge is 0.161 e. The van der Waals surface area contributed by atoms with Crippen molar-refractivity contribution < 1.29 is 9.47 Å². The van der Waals surface area contributed by atoms with E-state index in [4.69, 9.17) is 9.47 Å². The Morgan fingerprint density at radius 2 is 1.81 bits per heavy atom. The lowest BCUT2D eigenvalue weighted by molar-refractivity contribution is 0.165. The van der Waals surface area contributed by atoms with E-state index in [1.165, 1.54) is 31.2 Å². The molecule has 1 aromatic rings. The van der Waals surface area contributed by atoms with E-state index in [2.05, 4.69) is 36.4 Å². The minimum absolute atomic E-state index is 0.653. The number of fused-ring (bicyclic) bond motifs is 1. The van der Waals surface area contributed by atoms with E-state index >= 15 is 0 Å². The van der Waals surface area contributed by atoms with Crippen LogP contribution >= 0.6 is 0 Å². The number of nitrogens with zero attached hydrogens (tertiary/aromatic N) is 1. The molecule has 1 aromatic carbocycles. The van der Waals surface area contributed by atoms with Crippen molar-refractivity contribution in [3.63, 3.8) is 0 Å². The van der Waals surface area contributed by atoms with Crippen LogP contribution in [0.15, 0.2) is 18.2 Å². The Kier molecular flexibility index (Phi) is 4.66. The Balaban J connectivity index is 1.58. The van der Waals surface area contributed by atoms with Crippen molar-refractivity contribution in [1.82, 2.24) is 10.2 Å². The van der Waals surface area contributed by atoms with Crippen LogP contribution in [0.2, 0.25) is 0 Å². The van der Waals surface area contributed by atoms with Gasteiger partial charge in [-0.1, -0.05) is 6.07 Å². The third-order valence-corrected chi connectivity index (χ3v) is 4.77. The molecule has 3 rings (SSSR count). The summed E-state index contributed by atoms with van der Waals surface area (Å²) in [5, 5.41) is 3.40. The molecule has 4 nitrogen and oxygen atoms in total. The largest absolute Gasteiger partial charge is 0.486 e. The molecule has 1 aliphatic carbocycles. The second kappa shape index (κ2) is 6.67. The number of nitrogens with one attached hydrogen (secondary N) is 1. The molecule has 0 atom stereocenters. The molecule has 21 heavy (non-hydrogen) atoms. The average Bonchev–Trinajstić information content (AvgIpc) is 2.55. The van der Waals surface area contributed by atoms with Crippen molar-refractivity contribution in [2.75, 3.05) is 27.3 Å². The maximum absolute atomic E-state index is 5.67. The zero-order chi connectivity index (χ0) is 14.7. The molecule has 0 radical (unpaired) electrons. The van der Waals surface area contributed by atoms with Crippen molar-refractivity contribution >= 4 is 0 Å². The third kappa shape index (κ3) is 3.50. The highest BCUT2D eigenvalue weighted by molar-refractivity contribution is 5.43. The Hall–Kier alpha value is -1.26. The van der Waals surface area contributed by atoms with Gasteiger partial charge in [-0.05, 0) is 57.5 Å². The fourth-order valence-corrected chi connectivity index (χ4v) is 3.41. The highest BCUT2D eigenvalue weighted by atomic mass is 16.6. The van der Waals surface area contributed by atoms with Crippen LogP contribution in [-0.4, -0.2) is 44.3 Å². The van der Waals surface area contributed by atoms with Crippen LogP contribution in [0.5, 0.6) is 11.5 Å². The Labute approximate surface area is 127 Å². The first-order valence-corrected chi connectivity index (χ1v) is 8.02. The quantitative estimate of drug-likeness (QED) is 0.923. The number of ether oxygens (including phenoxy) is 2. The van der Waals surface area contributed by atoms with Gasteiger partial charge in [-0.15, -0.1) is 0 Å². The van der Waals surface area contributed by atoms with Gasteiger partial charge in [0, 0.05) is 18.6 Å². The van der Waals surface area contributed by atoms with Gasteiger partial charge in [-0.25, -0.2) is 0 Å². The van der Waals surface area contributed by atoms with Crippen LogP contribution in [0, 0.1) is 0 Å². The molecule has 116 valence electrons. The van der Waals surface area contributed by atoms with Crippen molar-refractivity contribution in [2.45, 2.75) is 44.3 Å². The maximum Gasteiger partial charge on any atom is 0.161 e. The van der Waals surface area contributed by atoms with E-state index in [9.17, 15) is 0 Å². The van der Waals surface area contributed by atoms with Crippen LogP contribution in [-0.2, 0) is 6.54 Å². The molecule has 0 spiro atoms. The van der Waals surface area contributed by atoms with Crippen molar-refractivity contribution in [1.29, 1.82) is 0 Å². The lowest BCUT2D eigenvalue weighted by atomic mass is 9.90. The van der Waals surface area contributed by atoms with E-state index in [-0.39, 0.29) is 0 Å². The normalized spacial score (nSPS) is 25.1. The first-order valence-electron chi connectivity index (χ1n) is 8.02. The zero-order valence-electron chi connectivity index (χ0n) is 13.1. The van der Waals surface area contributed by atoms with Crippen LogP contribution in [0.1, 0.15) is 31.2 Å². The maximum atomic E-state index is 5.67. The topological polar surface area (TPSA) is 33.7 Å². The van der Waals surface area contributed by atoms with Gasteiger partial charge < -0.3 is 14.8 Å². The zero-order valence-corrected chi connectivity index (χ0v) is 13.1. The highest BCUT2D eigenvalue weighted by Gasteiger charge is 2.23. The van der Waals surface area contributed by atoms with Gasteiger partial charge in [0.2, 0.25) is 0 Å². The van der Waals surface area contributed by atoms with Crippen molar-refractivity contribution in [3.05, 3.63) is 23.8 Å². The molecule has 0 saturated heterocycles. The summed E-state index contributed by atoms with van der Waals surface area (Å²) in [6.45, 7) is 2.28. The Morgan fingerprint density at radius 3 is 2.52 bits per heavy atom. The van der Waals surface area contributed by atoms with Gasteiger partial charge in [0.25, 0.3) is 0 Å². The standard InChI is InChI=1S/C17H26N2O2/c1-18-14-4-6-15(7-5-14)19(2)12-13-3-8-16-17(11-13)21-10-9-20-16/h3,8,11,14-15,18H,4-7,9-10,12H2,1-2H3. The molecule has 1 heterocycles. The first kappa shape index (κ1) is 14.7. The second-order valence-corrected chi connectivity index (χ2v) is 6.19. The van der Waals surface area contributed by atoms with E-state index < -0.39 is 0 Å². The van der Waals surface area contributed by atoms with Crippen LogP contribution in [0.3, 0.4) is 0 Å². The van der Waals surface area contributed by atoms with Gasteiger partial charge in [-0.3, -0.25) is 4.90 Å². The fourth-order valence-electron chi connectivity index (χ4n) is 3.41. The number of hydrogen-bond acceptors (Lipinski definition) is 4. The number of benzene rings is 1. The summed E-state index contributed by atoms with van der Waals surface area (Å²) in [7, 11) is 4.31. The average molecular weight is 290 g/mol. The van der Waals surface area contributed by atoms with Gasteiger partial charge in [0.15, 0.2) is 11.5 Å². The van der Waals surface area contributed by atoms with Crippen LogP contribution in [0.4, 0.5) is 0 Å². The van der Waals surface area contributed by atoms with Gasteiger partial charge in [-0.2, -0.15) is 0 Å². The highest BCUT2D eigenvalue weighted by Crippen LogP contribution is 2.31. The molecule has 0 bridgehead atoms. The van der Waals surface area contributed by atoms with E-state index in [1.807, 2.05) is 6.07 Å². The van der Waals surface area contributed by atoms with Crippen molar-refractivity contribution in [2.24, 2.45) is 0 Å². The molecule has 1 N–H and O–H groups in total. The molecular formula is C17H26N2O2. The minimum atomic E-state index is 0.653. The third-order valence-electron chi connectivity index (χ3n) is 4.77. The van der Waals surface area contributed by atoms with E-state index in [0.29, 0.717) is 25.3 Å². The van der Waals surface area contributed by atoms with Crippen molar-refractivity contribution in [3.8, 4) is 11.5 Å². The summed E-state index contributed by atoms with van der Waals surface area (Å²) >= 11 is 0. The van der Waals surface area contributed by atoms with Crippen LogP contribution in [0.25, 0.3) is 0 Å². The summed E-state index contributed by atoms with van der Waals surface area (Å²) in [5.41, 5.74) is 1.30. The molecule has 1 fully saturated rings. The molecule has 1 saturated carbocycles. The molecule has 2 aliphatic rings.